The molecule has 0 aliphatic heterocycles. The SMILES string of the molecule is COc1cc2oc3cc(OC)c(Br)cc3c2cc1Br. The van der Waals surface area contributed by atoms with Crippen LogP contribution in [0.2, 0.25) is 0 Å². The van der Waals surface area contributed by atoms with E-state index in [0.717, 1.165) is 42.4 Å². The van der Waals surface area contributed by atoms with Crippen molar-refractivity contribution in [1.82, 2.24) is 0 Å². The second kappa shape index (κ2) is 4.72. The van der Waals surface area contributed by atoms with E-state index in [2.05, 4.69) is 31.9 Å². The van der Waals surface area contributed by atoms with Crippen LogP contribution in [0.15, 0.2) is 37.6 Å². The summed E-state index contributed by atoms with van der Waals surface area (Å²) in [6.45, 7) is 0. The summed E-state index contributed by atoms with van der Waals surface area (Å²) < 4.78 is 18.2. The molecule has 0 aliphatic rings. The summed E-state index contributed by atoms with van der Waals surface area (Å²) in [6, 6.07) is 7.75. The Labute approximate surface area is 126 Å². The highest BCUT2D eigenvalue weighted by molar-refractivity contribution is 9.11. The van der Waals surface area contributed by atoms with Crippen LogP contribution in [0, 0.1) is 0 Å². The third-order valence-electron chi connectivity index (χ3n) is 3.02. The molecule has 0 amide bonds. The number of hydrogen-bond acceptors (Lipinski definition) is 3. The number of rotatable bonds is 2. The van der Waals surface area contributed by atoms with Crippen molar-refractivity contribution in [2.45, 2.75) is 0 Å². The summed E-state index contributed by atoms with van der Waals surface area (Å²) in [5.74, 6) is 1.50. The van der Waals surface area contributed by atoms with Crippen molar-refractivity contribution in [1.29, 1.82) is 0 Å². The van der Waals surface area contributed by atoms with Crippen molar-refractivity contribution in [3.63, 3.8) is 0 Å². The molecule has 0 fully saturated rings. The highest BCUT2D eigenvalue weighted by Crippen LogP contribution is 2.39. The van der Waals surface area contributed by atoms with Crippen molar-refractivity contribution in [2.24, 2.45) is 0 Å². The van der Waals surface area contributed by atoms with Gasteiger partial charge in [0.2, 0.25) is 0 Å². The third-order valence-corrected chi connectivity index (χ3v) is 4.26. The van der Waals surface area contributed by atoms with E-state index in [-0.39, 0.29) is 0 Å². The molecule has 3 nitrogen and oxygen atoms in total. The Hall–Kier alpha value is -1.20. The van der Waals surface area contributed by atoms with Crippen molar-refractivity contribution in [3.8, 4) is 11.5 Å². The maximum atomic E-state index is 5.85. The second-order valence-corrected chi connectivity index (χ2v) is 5.78. The van der Waals surface area contributed by atoms with Gasteiger partial charge < -0.3 is 13.9 Å². The van der Waals surface area contributed by atoms with Gasteiger partial charge >= 0.3 is 0 Å². The van der Waals surface area contributed by atoms with Crippen molar-refractivity contribution in [2.75, 3.05) is 14.2 Å². The molecule has 1 heterocycles. The lowest BCUT2D eigenvalue weighted by Gasteiger charge is -2.02. The molecule has 0 atom stereocenters. The number of furan rings is 1. The largest absolute Gasteiger partial charge is 0.495 e. The lowest BCUT2D eigenvalue weighted by atomic mass is 10.1. The lowest BCUT2D eigenvalue weighted by Crippen LogP contribution is -1.84. The summed E-state index contributed by atoms with van der Waals surface area (Å²) in [5, 5.41) is 2.07. The number of hydrogen-bond donors (Lipinski definition) is 0. The molecular weight excluding hydrogens is 376 g/mol. The minimum absolute atomic E-state index is 0.748. The molecular formula is C14H10Br2O3. The predicted molar refractivity (Wildman–Crippen MR) is 82.2 cm³/mol. The van der Waals surface area contributed by atoms with Gasteiger partial charge in [0, 0.05) is 22.9 Å². The van der Waals surface area contributed by atoms with Gasteiger partial charge in [0.15, 0.2) is 0 Å². The van der Waals surface area contributed by atoms with Crippen LogP contribution in [0.5, 0.6) is 11.5 Å². The van der Waals surface area contributed by atoms with E-state index < -0.39 is 0 Å². The van der Waals surface area contributed by atoms with E-state index in [1.165, 1.54) is 0 Å². The van der Waals surface area contributed by atoms with E-state index >= 15 is 0 Å². The van der Waals surface area contributed by atoms with Gasteiger partial charge in [0.25, 0.3) is 0 Å². The fourth-order valence-corrected chi connectivity index (χ4v) is 3.10. The average Bonchev–Trinajstić information content (AvgIpc) is 2.73. The molecule has 98 valence electrons. The van der Waals surface area contributed by atoms with Gasteiger partial charge in [-0.1, -0.05) is 0 Å². The first kappa shape index (κ1) is 12.8. The zero-order valence-corrected chi connectivity index (χ0v) is 13.5. The molecule has 3 rings (SSSR count). The van der Waals surface area contributed by atoms with Crippen molar-refractivity contribution >= 4 is 53.8 Å². The molecule has 0 N–H and O–H groups in total. The highest BCUT2D eigenvalue weighted by atomic mass is 79.9. The molecule has 5 heteroatoms. The number of methoxy groups -OCH3 is 2. The number of fused-ring (bicyclic) bond motifs is 3. The maximum Gasteiger partial charge on any atom is 0.139 e. The Balaban J connectivity index is 2.39. The van der Waals surface area contributed by atoms with Gasteiger partial charge in [-0.3, -0.25) is 0 Å². The number of benzene rings is 2. The Kier molecular flexibility index (Phi) is 3.19. The van der Waals surface area contributed by atoms with Gasteiger partial charge in [-0.25, -0.2) is 0 Å². The van der Waals surface area contributed by atoms with Gasteiger partial charge in [0.05, 0.1) is 23.2 Å². The minimum atomic E-state index is 0.748. The molecule has 19 heavy (non-hydrogen) atoms. The first-order chi connectivity index (χ1) is 9.13. The van der Waals surface area contributed by atoms with Crippen LogP contribution in [0.1, 0.15) is 0 Å². The molecule has 0 unspecified atom stereocenters. The number of halogens is 2. The summed E-state index contributed by atoms with van der Waals surface area (Å²) >= 11 is 6.98. The Morgan fingerprint density at radius 2 is 1.21 bits per heavy atom. The lowest BCUT2D eigenvalue weighted by molar-refractivity contribution is 0.411. The van der Waals surface area contributed by atoms with Crippen molar-refractivity contribution in [3.05, 3.63) is 33.2 Å². The van der Waals surface area contributed by atoms with Gasteiger partial charge in [-0.2, -0.15) is 0 Å². The van der Waals surface area contributed by atoms with Crippen LogP contribution in [-0.2, 0) is 0 Å². The topological polar surface area (TPSA) is 31.6 Å². The van der Waals surface area contributed by atoms with Crippen LogP contribution in [0.25, 0.3) is 21.9 Å². The molecule has 1 aromatic heterocycles. The Bertz CT molecular complexity index is 713. The maximum absolute atomic E-state index is 5.85. The van der Waals surface area contributed by atoms with E-state index in [1.54, 1.807) is 14.2 Å². The summed E-state index contributed by atoms with van der Waals surface area (Å²) in [6.07, 6.45) is 0. The fourth-order valence-electron chi connectivity index (χ4n) is 2.09. The zero-order chi connectivity index (χ0) is 13.6. The minimum Gasteiger partial charge on any atom is -0.495 e. The van der Waals surface area contributed by atoms with Crippen LogP contribution in [-0.4, -0.2) is 14.2 Å². The predicted octanol–water partition coefficient (Wildman–Crippen LogP) is 5.13. The van der Waals surface area contributed by atoms with E-state index in [0.29, 0.717) is 0 Å². The van der Waals surface area contributed by atoms with Crippen molar-refractivity contribution < 1.29 is 13.9 Å². The fraction of sp³-hybridized carbons (Fsp3) is 0.143. The highest BCUT2D eigenvalue weighted by Gasteiger charge is 2.13. The molecule has 2 aromatic carbocycles. The Morgan fingerprint density at radius 3 is 1.58 bits per heavy atom. The van der Waals surface area contributed by atoms with Crippen LogP contribution >= 0.6 is 31.9 Å². The smallest absolute Gasteiger partial charge is 0.139 e. The average molecular weight is 386 g/mol. The summed E-state index contributed by atoms with van der Waals surface area (Å²) in [5.41, 5.74) is 1.57. The van der Waals surface area contributed by atoms with E-state index in [1.807, 2.05) is 24.3 Å². The van der Waals surface area contributed by atoms with Gasteiger partial charge in [-0.15, -0.1) is 0 Å². The van der Waals surface area contributed by atoms with Crippen LogP contribution in [0.4, 0.5) is 0 Å². The standard InChI is InChI=1S/C14H10Br2O3/c1-17-13-5-11-7(3-9(13)15)8-4-10(16)14(18-2)6-12(8)19-11/h3-6H,1-2H3. The first-order valence-electron chi connectivity index (χ1n) is 5.57. The molecule has 0 saturated heterocycles. The third kappa shape index (κ3) is 2.01. The second-order valence-electron chi connectivity index (χ2n) is 4.07. The molecule has 0 saturated carbocycles. The number of ether oxygens (including phenoxy) is 2. The quantitative estimate of drug-likeness (QED) is 0.612. The molecule has 3 aromatic rings. The summed E-state index contributed by atoms with van der Waals surface area (Å²) in [4.78, 5) is 0. The Morgan fingerprint density at radius 1 is 0.789 bits per heavy atom. The van der Waals surface area contributed by atoms with Crippen LogP contribution < -0.4 is 9.47 Å². The first-order valence-corrected chi connectivity index (χ1v) is 7.16. The summed E-state index contributed by atoms with van der Waals surface area (Å²) in [7, 11) is 3.27. The molecule has 0 radical (unpaired) electrons. The van der Waals surface area contributed by atoms with E-state index in [9.17, 15) is 0 Å². The molecule has 0 spiro atoms. The molecule has 0 bridgehead atoms. The van der Waals surface area contributed by atoms with Gasteiger partial charge in [0.1, 0.15) is 22.7 Å². The van der Waals surface area contributed by atoms with E-state index in [4.69, 9.17) is 13.9 Å². The normalized spacial score (nSPS) is 11.2. The zero-order valence-electron chi connectivity index (χ0n) is 10.3. The van der Waals surface area contributed by atoms with Crippen LogP contribution in [0.3, 0.4) is 0 Å². The van der Waals surface area contributed by atoms with Gasteiger partial charge in [-0.05, 0) is 44.0 Å². The molecule has 0 aliphatic carbocycles. The monoisotopic (exact) mass is 384 g/mol.